The van der Waals surface area contributed by atoms with Crippen molar-refractivity contribution in [3.63, 3.8) is 0 Å². The minimum atomic E-state index is -0.553. The number of carbonyl (C=O) groups is 1. The predicted molar refractivity (Wildman–Crippen MR) is 106 cm³/mol. The van der Waals surface area contributed by atoms with Crippen LogP contribution >= 0.6 is 0 Å². The third-order valence-corrected chi connectivity index (χ3v) is 5.13. The number of aromatic nitrogens is 2. The van der Waals surface area contributed by atoms with Gasteiger partial charge in [-0.25, -0.2) is 4.39 Å². The Bertz CT molecular complexity index is 1100. The van der Waals surface area contributed by atoms with Crippen molar-refractivity contribution < 1.29 is 18.8 Å². The van der Waals surface area contributed by atoms with Gasteiger partial charge in [0.2, 0.25) is 0 Å². The number of nitrogens with one attached hydrogen (secondary N) is 1. The third-order valence-electron chi connectivity index (χ3n) is 5.13. The maximum absolute atomic E-state index is 13.4. The summed E-state index contributed by atoms with van der Waals surface area (Å²) in [6.45, 7) is 0.883. The maximum atomic E-state index is 13.4. The zero-order chi connectivity index (χ0) is 21.3. The Labute approximate surface area is 171 Å². The van der Waals surface area contributed by atoms with Gasteiger partial charge in [0.25, 0.3) is 11.6 Å². The second-order valence-electron chi connectivity index (χ2n) is 6.97. The molecule has 1 aliphatic rings. The Morgan fingerprint density at radius 3 is 2.73 bits per heavy atom. The van der Waals surface area contributed by atoms with E-state index in [-0.39, 0.29) is 17.4 Å². The molecule has 1 N–H and O–H groups in total. The van der Waals surface area contributed by atoms with Crippen LogP contribution in [-0.2, 0) is 4.74 Å². The first kappa shape index (κ1) is 19.7. The molecule has 0 spiro atoms. The minimum Gasteiger partial charge on any atom is -0.385 e. The number of benzene rings is 2. The molecule has 1 aromatic heterocycles. The second kappa shape index (κ2) is 8.03. The summed E-state index contributed by atoms with van der Waals surface area (Å²) in [4.78, 5) is 25.6. The SMILES string of the molecule is COCCCN1C(=O)c2[nH]nc(-c3ccc(F)cc3)c2C1c1cccc([N+](=O)[O-])c1. The van der Waals surface area contributed by atoms with Crippen LogP contribution in [0.25, 0.3) is 11.3 Å². The Hall–Kier alpha value is -3.59. The van der Waals surface area contributed by atoms with E-state index in [4.69, 9.17) is 4.74 Å². The van der Waals surface area contributed by atoms with Crippen LogP contribution in [0.1, 0.15) is 34.1 Å². The summed E-state index contributed by atoms with van der Waals surface area (Å²) >= 11 is 0. The molecule has 2 heterocycles. The monoisotopic (exact) mass is 410 g/mol. The average molecular weight is 410 g/mol. The number of nitro benzene ring substituents is 1. The molecule has 1 atom stereocenters. The average Bonchev–Trinajstić information content (AvgIpc) is 3.28. The molecule has 154 valence electrons. The van der Waals surface area contributed by atoms with Gasteiger partial charge in [0, 0.05) is 43.5 Å². The molecule has 0 saturated heterocycles. The first-order chi connectivity index (χ1) is 14.5. The van der Waals surface area contributed by atoms with E-state index in [2.05, 4.69) is 10.2 Å². The highest BCUT2D eigenvalue weighted by atomic mass is 19.1. The zero-order valence-corrected chi connectivity index (χ0v) is 16.2. The number of hydrogen-bond acceptors (Lipinski definition) is 5. The lowest BCUT2D eigenvalue weighted by Crippen LogP contribution is -2.31. The zero-order valence-electron chi connectivity index (χ0n) is 16.2. The summed E-state index contributed by atoms with van der Waals surface area (Å²) in [5.74, 6) is -0.614. The standard InChI is InChI=1S/C21H19FN4O4/c1-30-11-3-10-25-20(14-4-2-5-16(12-14)26(28)29)17-18(23-24-19(17)21(25)27)13-6-8-15(22)9-7-13/h2,4-9,12,20H,3,10-11H2,1H3,(H,23,24). The van der Waals surface area contributed by atoms with Gasteiger partial charge >= 0.3 is 0 Å². The van der Waals surface area contributed by atoms with E-state index in [0.29, 0.717) is 47.7 Å². The molecule has 9 heteroatoms. The summed E-state index contributed by atoms with van der Waals surface area (Å²) in [6, 6.07) is 11.5. The normalized spacial score (nSPS) is 15.5. The number of ether oxygens (including phenoxy) is 1. The van der Waals surface area contributed by atoms with Crippen LogP contribution in [0.3, 0.4) is 0 Å². The lowest BCUT2D eigenvalue weighted by atomic mass is 9.95. The van der Waals surface area contributed by atoms with Crippen molar-refractivity contribution in [2.75, 3.05) is 20.3 Å². The van der Waals surface area contributed by atoms with Crippen molar-refractivity contribution in [3.8, 4) is 11.3 Å². The van der Waals surface area contributed by atoms with E-state index in [9.17, 15) is 19.3 Å². The fraction of sp³-hybridized carbons (Fsp3) is 0.238. The van der Waals surface area contributed by atoms with Crippen LogP contribution in [0, 0.1) is 15.9 Å². The largest absolute Gasteiger partial charge is 0.385 e. The quantitative estimate of drug-likeness (QED) is 0.364. The molecule has 8 nitrogen and oxygen atoms in total. The summed E-state index contributed by atoms with van der Waals surface area (Å²) in [5.41, 5.74) is 2.68. The van der Waals surface area contributed by atoms with Crippen LogP contribution in [0.4, 0.5) is 10.1 Å². The number of hydrogen-bond donors (Lipinski definition) is 1. The molecule has 0 saturated carbocycles. The van der Waals surface area contributed by atoms with Gasteiger partial charge in [-0.3, -0.25) is 20.0 Å². The number of carbonyl (C=O) groups excluding carboxylic acids is 1. The van der Waals surface area contributed by atoms with E-state index < -0.39 is 11.0 Å². The van der Waals surface area contributed by atoms with Crippen molar-refractivity contribution in [1.29, 1.82) is 0 Å². The molecular formula is C21H19FN4O4. The molecule has 0 fully saturated rings. The number of nitro groups is 1. The van der Waals surface area contributed by atoms with Crippen molar-refractivity contribution in [2.24, 2.45) is 0 Å². The van der Waals surface area contributed by atoms with Gasteiger partial charge in [-0.05, 0) is 36.2 Å². The predicted octanol–water partition coefficient (Wildman–Crippen LogP) is 3.71. The number of halogens is 1. The lowest BCUT2D eigenvalue weighted by Gasteiger charge is -2.26. The fourth-order valence-corrected chi connectivity index (χ4v) is 3.79. The van der Waals surface area contributed by atoms with Crippen molar-refractivity contribution in [2.45, 2.75) is 12.5 Å². The highest BCUT2D eigenvalue weighted by Crippen LogP contribution is 2.43. The topological polar surface area (TPSA) is 101 Å². The van der Waals surface area contributed by atoms with Gasteiger partial charge < -0.3 is 9.64 Å². The Balaban J connectivity index is 1.83. The molecule has 30 heavy (non-hydrogen) atoms. The van der Waals surface area contributed by atoms with Crippen molar-refractivity contribution in [3.05, 3.63) is 81.3 Å². The van der Waals surface area contributed by atoms with Crippen LogP contribution in [0.15, 0.2) is 48.5 Å². The summed E-state index contributed by atoms with van der Waals surface area (Å²) in [6.07, 6.45) is 0.608. The van der Waals surface area contributed by atoms with E-state index in [1.54, 1.807) is 36.3 Å². The Morgan fingerprint density at radius 2 is 2.03 bits per heavy atom. The van der Waals surface area contributed by atoms with Crippen LogP contribution < -0.4 is 0 Å². The second-order valence-corrected chi connectivity index (χ2v) is 6.97. The van der Waals surface area contributed by atoms with E-state index in [1.807, 2.05) is 0 Å². The molecule has 2 aromatic carbocycles. The van der Waals surface area contributed by atoms with Gasteiger partial charge in [-0.2, -0.15) is 5.10 Å². The molecule has 3 aromatic rings. The molecule has 1 aliphatic heterocycles. The van der Waals surface area contributed by atoms with E-state index in [0.717, 1.165) is 0 Å². The lowest BCUT2D eigenvalue weighted by molar-refractivity contribution is -0.384. The van der Waals surface area contributed by atoms with Crippen LogP contribution in [0.5, 0.6) is 0 Å². The van der Waals surface area contributed by atoms with Crippen molar-refractivity contribution >= 4 is 11.6 Å². The van der Waals surface area contributed by atoms with E-state index >= 15 is 0 Å². The van der Waals surface area contributed by atoms with Gasteiger partial charge in [-0.1, -0.05) is 12.1 Å². The maximum Gasteiger partial charge on any atom is 0.273 e. The number of nitrogens with zero attached hydrogens (tertiary/aromatic N) is 3. The summed E-state index contributed by atoms with van der Waals surface area (Å²) < 4.78 is 18.5. The first-order valence-electron chi connectivity index (χ1n) is 9.39. The fourth-order valence-electron chi connectivity index (χ4n) is 3.79. The number of methoxy groups -OCH3 is 1. The molecule has 1 unspecified atom stereocenters. The first-order valence-corrected chi connectivity index (χ1v) is 9.39. The Kier molecular flexibility index (Phi) is 5.28. The number of H-pyrrole nitrogens is 1. The smallest absolute Gasteiger partial charge is 0.273 e. The molecule has 1 amide bonds. The number of amides is 1. The van der Waals surface area contributed by atoms with Gasteiger partial charge in [0.1, 0.15) is 11.5 Å². The molecular weight excluding hydrogens is 391 g/mol. The number of fused-ring (bicyclic) bond motifs is 1. The highest BCUT2D eigenvalue weighted by molar-refractivity contribution is 6.00. The summed E-state index contributed by atoms with van der Waals surface area (Å²) in [7, 11) is 1.59. The molecule has 4 rings (SSSR count). The van der Waals surface area contributed by atoms with Crippen LogP contribution in [0.2, 0.25) is 0 Å². The van der Waals surface area contributed by atoms with Gasteiger partial charge in [0.15, 0.2) is 0 Å². The minimum absolute atomic E-state index is 0.0583. The molecule has 0 radical (unpaired) electrons. The van der Waals surface area contributed by atoms with Crippen LogP contribution in [-0.4, -0.2) is 46.2 Å². The third kappa shape index (κ3) is 3.43. The highest BCUT2D eigenvalue weighted by Gasteiger charge is 2.42. The summed E-state index contributed by atoms with van der Waals surface area (Å²) in [5, 5.41) is 18.4. The number of rotatable bonds is 7. The van der Waals surface area contributed by atoms with Gasteiger partial charge in [0.05, 0.1) is 16.7 Å². The van der Waals surface area contributed by atoms with E-state index in [1.165, 1.54) is 24.3 Å². The number of aromatic amines is 1. The van der Waals surface area contributed by atoms with Gasteiger partial charge in [-0.15, -0.1) is 0 Å². The Morgan fingerprint density at radius 1 is 1.27 bits per heavy atom. The molecule has 0 aliphatic carbocycles. The molecule has 0 bridgehead atoms. The van der Waals surface area contributed by atoms with Crippen molar-refractivity contribution in [1.82, 2.24) is 15.1 Å². The number of non-ortho nitro benzene ring substituents is 1.